The zero-order chi connectivity index (χ0) is 23.1. The Balaban J connectivity index is 2.08. The van der Waals surface area contributed by atoms with Crippen LogP contribution in [-0.2, 0) is 19.1 Å². The molecule has 0 saturated carbocycles. The molecule has 3 aromatic carbocycles. The summed E-state index contributed by atoms with van der Waals surface area (Å²) in [5, 5.41) is 3.21. The third kappa shape index (κ3) is 5.31. The Kier molecular flexibility index (Phi) is 7.92. The third-order valence-corrected chi connectivity index (χ3v) is 5.14. The normalized spacial score (nSPS) is 10.9. The van der Waals surface area contributed by atoms with Gasteiger partial charge in [0.2, 0.25) is 0 Å². The number of ether oxygens (including phenoxy) is 4. The van der Waals surface area contributed by atoms with Gasteiger partial charge in [-0.15, -0.1) is 0 Å². The highest BCUT2D eigenvalue weighted by Crippen LogP contribution is 2.43. The molecule has 0 unspecified atom stereocenters. The Morgan fingerprint density at radius 2 is 1.09 bits per heavy atom. The second-order valence-corrected chi connectivity index (χ2v) is 7.70. The maximum Gasteiger partial charge on any atom is 0.344 e. The number of hydrogen-bond donors (Lipinski definition) is 0. The molecular weight excluding hydrogens is 408 g/mol. The van der Waals surface area contributed by atoms with Gasteiger partial charge >= 0.3 is 11.9 Å². The zero-order valence-electron chi connectivity index (χ0n) is 19.2. The number of benzene rings is 3. The Labute approximate surface area is 188 Å². The van der Waals surface area contributed by atoms with Gasteiger partial charge in [-0.2, -0.15) is 0 Å². The Morgan fingerprint density at radius 1 is 0.688 bits per heavy atom. The van der Waals surface area contributed by atoms with E-state index in [2.05, 4.69) is 0 Å². The molecule has 32 heavy (non-hydrogen) atoms. The van der Waals surface area contributed by atoms with Crippen LogP contribution in [0.1, 0.15) is 37.8 Å². The second-order valence-electron chi connectivity index (χ2n) is 7.70. The number of carbonyl (C=O) groups excluding carboxylic acids is 2. The first-order valence-corrected chi connectivity index (χ1v) is 11.0. The summed E-state index contributed by atoms with van der Waals surface area (Å²) in [5.41, 5.74) is 2.17. The number of hydrogen-bond acceptors (Lipinski definition) is 6. The van der Waals surface area contributed by atoms with Crippen molar-refractivity contribution in [3.8, 4) is 11.5 Å². The average molecular weight is 439 g/mol. The fourth-order valence-electron chi connectivity index (χ4n) is 3.45. The SMILES string of the molecule is CCCOC(=O)COc1c2ccccc2c(OCC(=O)OCCC)c2cc(C)c(C)cc12. The number of rotatable bonds is 10. The molecule has 6 nitrogen and oxygen atoms in total. The topological polar surface area (TPSA) is 71.1 Å². The quantitative estimate of drug-likeness (QED) is 0.317. The highest BCUT2D eigenvalue weighted by Gasteiger charge is 2.19. The summed E-state index contributed by atoms with van der Waals surface area (Å²) in [6.45, 7) is 8.28. The third-order valence-electron chi connectivity index (χ3n) is 5.14. The summed E-state index contributed by atoms with van der Waals surface area (Å²) in [5.74, 6) is 0.361. The predicted molar refractivity (Wildman–Crippen MR) is 124 cm³/mol. The first kappa shape index (κ1) is 23.4. The second kappa shape index (κ2) is 10.8. The molecule has 0 atom stereocenters. The van der Waals surface area contributed by atoms with Crippen LogP contribution in [0.15, 0.2) is 36.4 Å². The summed E-state index contributed by atoms with van der Waals surface area (Å²) in [7, 11) is 0. The summed E-state index contributed by atoms with van der Waals surface area (Å²) in [6.07, 6.45) is 1.51. The smallest absolute Gasteiger partial charge is 0.344 e. The minimum atomic E-state index is -0.410. The van der Waals surface area contributed by atoms with Crippen LogP contribution >= 0.6 is 0 Å². The average Bonchev–Trinajstić information content (AvgIpc) is 2.79. The van der Waals surface area contributed by atoms with Gasteiger partial charge in [0.05, 0.1) is 13.2 Å². The van der Waals surface area contributed by atoms with Crippen LogP contribution in [0.4, 0.5) is 0 Å². The van der Waals surface area contributed by atoms with E-state index in [9.17, 15) is 9.59 Å². The minimum absolute atomic E-state index is 0.185. The molecular formula is C26H30O6. The van der Waals surface area contributed by atoms with Crippen molar-refractivity contribution in [2.45, 2.75) is 40.5 Å². The molecule has 3 rings (SSSR count). The molecule has 0 amide bonds. The Hall–Kier alpha value is -3.28. The molecule has 0 fully saturated rings. The van der Waals surface area contributed by atoms with Crippen LogP contribution in [0, 0.1) is 13.8 Å². The van der Waals surface area contributed by atoms with Crippen molar-refractivity contribution in [1.29, 1.82) is 0 Å². The van der Waals surface area contributed by atoms with Gasteiger partial charge in [0.15, 0.2) is 13.2 Å². The molecule has 0 bridgehead atoms. The van der Waals surface area contributed by atoms with Crippen molar-refractivity contribution < 1.29 is 28.5 Å². The lowest BCUT2D eigenvalue weighted by Crippen LogP contribution is -2.16. The molecule has 0 aliphatic rings. The van der Waals surface area contributed by atoms with Crippen molar-refractivity contribution in [1.82, 2.24) is 0 Å². The van der Waals surface area contributed by atoms with E-state index < -0.39 is 11.9 Å². The van der Waals surface area contributed by atoms with Gasteiger partial charge in [0.25, 0.3) is 0 Å². The van der Waals surface area contributed by atoms with E-state index in [1.165, 1.54) is 0 Å². The Bertz CT molecular complexity index is 1030. The molecule has 0 radical (unpaired) electrons. The maximum absolute atomic E-state index is 12.1. The van der Waals surface area contributed by atoms with Gasteiger partial charge in [-0.1, -0.05) is 38.1 Å². The van der Waals surface area contributed by atoms with Crippen molar-refractivity contribution >= 4 is 33.5 Å². The van der Waals surface area contributed by atoms with E-state index in [1.807, 2.05) is 64.1 Å². The standard InChI is InChI=1S/C26H30O6/c1-5-11-29-23(27)15-31-25-19-9-7-8-10-20(19)26(32-16-24(28)30-12-6-2)22-14-18(4)17(3)13-21(22)25/h7-10,13-14H,5-6,11-12,15-16H2,1-4H3. The first-order valence-electron chi connectivity index (χ1n) is 11.0. The number of carbonyl (C=O) groups is 2. The predicted octanol–water partition coefficient (Wildman–Crippen LogP) is 5.27. The van der Waals surface area contributed by atoms with E-state index in [-0.39, 0.29) is 13.2 Å². The van der Waals surface area contributed by atoms with Crippen LogP contribution in [0.3, 0.4) is 0 Å². The van der Waals surface area contributed by atoms with Gasteiger partial charge < -0.3 is 18.9 Å². The largest absolute Gasteiger partial charge is 0.481 e. The summed E-state index contributed by atoms with van der Waals surface area (Å²) >= 11 is 0. The highest BCUT2D eigenvalue weighted by atomic mass is 16.6. The fourth-order valence-corrected chi connectivity index (χ4v) is 3.45. The van der Waals surface area contributed by atoms with Crippen LogP contribution in [-0.4, -0.2) is 38.4 Å². The minimum Gasteiger partial charge on any atom is -0.481 e. The van der Waals surface area contributed by atoms with Crippen LogP contribution in [0.2, 0.25) is 0 Å². The number of fused-ring (bicyclic) bond motifs is 2. The summed E-state index contributed by atoms with van der Waals surface area (Å²) < 4.78 is 22.3. The highest BCUT2D eigenvalue weighted by molar-refractivity contribution is 6.11. The number of aryl methyl sites for hydroxylation is 2. The molecule has 3 aromatic rings. The zero-order valence-corrected chi connectivity index (χ0v) is 19.2. The monoisotopic (exact) mass is 438 g/mol. The maximum atomic E-state index is 12.1. The Morgan fingerprint density at radius 3 is 1.47 bits per heavy atom. The molecule has 0 aromatic heterocycles. The van der Waals surface area contributed by atoms with Crippen molar-refractivity contribution in [2.75, 3.05) is 26.4 Å². The fraction of sp³-hybridized carbons (Fsp3) is 0.385. The first-order chi connectivity index (χ1) is 15.5. The lowest BCUT2D eigenvalue weighted by molar-refractivity contribution is -0.146. The van der Waals surface area contributed by atoms with Crippen LogP contribution < -0.4 is 9.47 Å². The molecule has 0 N–H and O–H groups in total. The van der Waals surface area contributed by atoms with Crippen molar-refractivity contribution in [3.63, 3.8) is 0 Å². The van der Waals surface area contributed by atoms with Gasteiger partial charge in [0, 0.05) is 21.5 Å². The van der Waals surface area contributed by atoms with Gasteiger partial charge in [-0.05, 0) is 49.9 Å². The van der Waals surface area contributed by atoms with Gasteiger partial charge in [0.1, 0.15) is 11.5 Å². The van der Waals surface area contributed by atoms with E-state index in [0.29, 0.717) is 24.7 Å². The molecule has 0 spiro atoms. The van der Waals surface area contributed by atoms with E-state index in [1.54, 1.807) is 0 Å². The van der Waals surface area contributed by atoms with Crippen molar-refractivity contribution in [2.24, 2.45) is 0 Å². The molecule has 6 heteroatoms. The molecule has 0 aliphatic heterocycles. The number of esters is 2. The van der Waals surface area contributed by atoms with Crippen LogP contribution in [0.5, 0.6) is 11.5 Å². The lowest BCUT2D eigenvalue weighted by Gasteiger charge is -2.18. The summed E-state index contributed by atoms with van der Waals surface area (Å²) in [6, 6.07) is 11.7. The van der Waals surface area contributed by atoms with E-state index in [0.717, 1.165) is 45.5 Å². The summed E-state index contributed by atoms with van der Waals surface area (Å²) in [4.78, 5) is 24.2. The molecule has 0 heterocycles. The molecule has 0 saturated heterocycles. The van der Waals surface area contributed by atoms with Gasteiger partial charge in [-0.3, -0.25) is 0 Å². The van der Waals surface area contributed by atoms with E-state index in [4.69, 9.17) is 18.9 Å². The lowest BCUT2D eigenvalue weighted by atomic mass is 9.96. The molecule has 170 valence electrons. The van der Waals surface area contributed by atoms with Gasteiger partial charge in [-0.25, -0.2) is 9.59 Å². The van der Waals surface area contributed by atoms with Crippen molar-refractivity contribution in [3.05, 3.63) is 47.5 Å². The molecule has 0 aliphatic carbocycles. The van der Waals surface area contributed by atoms with Crippen LogP contribution in [0.25, 0.3) is 21.5 Å². The van der Waals surface area contributed by atoms with E-state index >= 15 is 0 Å².